The van der Waals surface area contributed by atoms with Gasteiger partial charge in [0, 0.05) is 12.0 Å². The summed E-state index contributed by atoms with van der Waals surface area (Å²) in [6.45, 7) is 3.94. The highest BCUT2D eigenvalue weighted by Crippen LogP contribution is 2.27. The Hall–Kier alpha value is -2.27. The van der Waals surface area contributed by atoms with Gasteiger partial charge in [0.25, 0.3) is 0 Å². The lowest BCUT2D eigenvalue weighted by molar-refractivity contribution is -0.0716. The SMILES string of the molecule is Cc1cccc(C2=NOC(C)(COCc3c(F)cccc3F)C2)c1. The molecule has 24 heavy (non-hydrogen) atoms. The zero-order valence-corrected chi connectivity index (χ0v) is 13.7. The quantitative estimate of drug-likeness (QED) is 0.814. The highest BCUT2D eigenvalue weighted by atomic mass is 19.1. The fourth-order valence-electron chi connectivity index (χ4n) is 2.68. The molecule has 0 aliphatic carbocycles. The second kappa shape index (κ2) is 6.69. The molecular formula is C19H19F2NO2. The van der Waals surface area contributed by atoms with Gasteiger partial charge in [-0.25, -0.2) is 8.78 Å². The van der Waals surface area contributed by atoms with Crippen LogP contribution in [0.25, 0.3) is 0 Å². The molecule has 0 amide bonds. The predicted molar refractivity (Wildman–Crippen MR) is 87.8 cm³/mol. The molecule has 0 aromatic heterocycles. The van der Waals surface area contributed by atoms with Gasteiger partial charge in [-0.2, -0.15) is 0 Å². The normalized spacial score (nSPS) is 19.9. The molecule has 126 valence electrons. The van der Waals surface area contributed by atoms with Crippen molar-refractivity contribution in [3.63, 3.8) is 0 Å². The molecule has 1 aliphatic rings. The summed E-state index contributed by atoms with van der Waals surface area (Å²) in [5, 5.41) is 4.15. The van der Waals surface area contributed by atoms with E-state index in [2.05, 4.69) is 5.16 Å². The summed E-state index contributed by atoms with van der Waals surface area (Å²) >= 11 is 0. The lowest BCUT2D eigenvalue weighted by Crippen LogP contribution is -2.31. The average molecular weight is 331 g/mol. The van der Waals surface area contributed by atoms with Crippen molar-refractivity contribution in [2.75, 3.05) is 6.61 Å². The van der Waals surface area contributed by atoms with E-state index in [1.54, 1.807) is 0 Å². The van der Waals surface area contributed by atoms with E-state index in [4.69, 9.17) is 9.57 Å². The molecule has 0 fully saturated rings. The number of ether oxygens (including phenoxy) is 1. The van der Waals surface area contributed by atoms with E-state index in [1.807, 2.05) is 38.1 Å². The van der Waals surface area contributed by atoms with Crippen LogP contribution in [0.4, 0.5) is 8.78 Å². The average Bonchev–Trinajstić information content (AvgIpc) is 2.93. The maximum atomic E-state index is 13.6. The molecule has 1 aliphatic heterocycles. The Morgan fingerprint density at radius 2 is 1.88 bits per heavy atom. The van der Waals surface area contributed by atoms with Crippen LogP contribution in [0.5, 0.6) is 0 Å². The van der Waals surface area contributed by atoms with E-state index < -0.39 is 17.2 Å². The molecule has 0 radical (unpaired) electrons. The minimum absolute atomic E-state index is 0.0704. The first-order chi connectivity index (χ1) is 11.5. The minimum atomic E-state index is -0.638. The van der Waals surface area contributed by atoms with Gasteiger partial charge in [-0.05, 0) is 31.5 Å². The highest BCUT2D eigenvalue weighted by molar-refractivity contribution is 6.01. The van der Waals surface area contributed by atoms with Gasteiger partial charge in [-0.1, -0.05) is 41.1 Å². The number of hydrogen-bond acceptors (Lipinski definition) is 3. The van der Waals surface area contributed by atoms with E-state index in [1.165, 1.54) is 18.2 Å². The van der Waals surface area contributed by atoms with Gasteiger partial charge in [0.05, 0.1) is 18.9 Å². The van der Waals surface area contributed by atoms with Crippen molar-refractivity contribution in [3.8, 4) is 0 Å². The summed E-state index contributed by atoms with van der Waals surface area (Å²) in [5.74, 6) is -1.21. The molecule has 0 N–H and O–H groups in total. The zero-order chi connectivity index (χ0) is 17.2. The van der Waals surface area contributed by atoms with Gasteiger partial charge in [0.1, 0.15) is 11.6 Å². The van der Waals surface area contributed by atoms with Crippen LogP contribution in [0.1, 0.15) is 30.0 Å². The molecule has 1 heterocycles. The smallest absolute Gasteiger partial charge is 0.163 e. The molecule has 2 aromatic rings. The van der Waals surface area contributed by atoms with Gasteiger partial charge in [-0.3, -0.25) is 0 Å². The minimum Gasteiger partial charge on any atom is -0.386 e. The molecule has 0 bridgehead atoms. The first kappa shape index (κ1) is 16.6. The Morgan fingerprint density at radius 1 is 1.17 bits per heavy atom. The number of benzene rings is 2. The first-order valence-corrected chi connectivity index (χ1v) is 7.80. The van der Waals surface area contributed by atoms with Crippen LogP contribution in [-0.2, 0) is 16.2 Å². The van der Waals surface area contributed by atoms with E-state index in [0.29, 0.717) is 6.42 Å². The van der Waals surface area contributed by atoms with Gasteiger partial charge in [-0.15, -0.1) is 0 Å². The predicted octanol–water partition coefficient (Wildman–Crippen LogP) is 4.37. The van der Waals surface area contributed by atoms with Gasteiger partial charge in [0.15, 0.2) is 5.60 Å². The molecule has 3 nitrogen and oxygen atoms in total. The van der Waals surface area contributed by atoms with Crippen molar-refractivity contribution in [1.29, 1.82) is 0 Å². The fraction of sp³-hybridized carbons (Fsp3) is 0.316. The molecule has 0 saturated heterocycles. The lowest BCUT2D eigenvalue weighted by Gasteiger charge is -2.21. The molecule has 5 heteroatoms. The fourth-order valence-corrected chi connectivity index (χ4v) is 2.68. The van der Waals surface area contributed by atoms with Crippen LogP contribution in [0, 0.1) is 18.6 Å². The Balaban J connectivity index is 1.59. The largest absolute Gasteiger partial charge is 0.386 e. The first-order valence-electron chi connectivity index (χ1n) is 7.80. The Labute approximate surface area is 139 Å². The third-order valence-corrected chi connectivity index (χ3v) is 3.98. The molecule has 0 spiro atoms. The maximum Gasteiger partial charge on any atom is 0.163 e. The van der Waals surface area contributed by atoms with E-state index in [-0.39, 0.29) is 18.8 Å². The van der Waals surface area contributed by atoms with Gasteiger partial charge < -0.3 is 9.57 Å². The number of nitrogens with zero attached hydrogens (tertiary/aromatic N) is 1. The summed E-state index contributed by atoms with van der Waals surface area (Å²) < 4.78 is 32.7. The highest BCUT2D eigenvalue weighted by Gasteiger charge is 2.35. The number of hydrogen-bond donors (Lipinski definition) is 0. The van der Waals surface area contributed by atoms with Crippen molar-refractivity contribution in [3.05, 3.63) is 70.8 Å². The van der Waals surface area contributed by atoms with Crippen LogP contribution in [-0.4, -0.2) is 17.9 Å². The van der Waals surface area contributed by atoms with Gasteiger partial charge >= 0.3 is 0 Å². The molecule has 2 aromatic carbocycles. The molecule has 3 rings (SSSR count). The van der Waals surface area contributed by atoms with Crippen LogP contribution >= 0.6 is 0 Å². The summed E-state index contributed by atoms with van der Waals surface area (Å²) in [5.41, 5.74) is 2.30. The Morgan fingerprint density at radius 3 is 2.58 bits per heavy atom. The van der Waals surface area contributed by atoms with Crippen molar-refractivity contribution in [2.24, 2.45) is 5.16 Å². The third-order valence-electron chi connectivity index (χ3n) is 3.98. The standard InChI is InChI=1S/C19H19F2NO2/c1-13-5-3-6-14(9-13)18-10-19(2,24-22-18)12-23-11-15-16(20)7-4-8-17(15)21/h3-9H,10-12H2,1-2H3. The van der Waals surface area contributed by atoms with Crippen LogP contribution in [0.3, 0.4) is 0 Å². The summed E-state index contributed by atoms with van der Waals surface area (Å²) in [6, 6.07) is 11.8. The second-order valence-electron chi connectivity index (χ2n) is 6.32. The van der Waals surface area contributed by atoms with Crippen molar-refractivity contribution in [2.45, 2.75) is 32.5 Å². The maximum absolute atomic E-state index is 13.6. The Bertz CT molecular complexity index is 755. The van der Waals surface area contributed by atoms with Crippen molar-refractivity contribution < 1.29 is 18.4 Å². The number of halogens is 2. The number of rotatable bonds is 5. The molecule has 1 atom stereocenters. The summed E-state index contributed by atoms with van der Waals surface area (Å²) in [4.78, 5) is 5.52. The van der Waals surface area contributed by atoms with E-state index >= 15 is 0 Å². The number of oxime groups is 1. The van der Waals surface area contributed by atoms with Gasteiger partial charge in [0.2, 0.25) is 0 Å². The monoisotopic (exact) mass is 331 g/mol. The van der Waals surface area contributed by atoms with E-state index in [9.17, 15) is 8.78 Å². The second-order valence-corrected chi connectivity index (χ2v) is 6.32. The van der Waals surface area contributed by atoms with E-state index in [0.717, 1.165) is 16.8 Å². The topological polar surface area (TPSA) is 30.8 Å². The van der Waals surface area contributed by atoms with Crippen molar-refractivity contribution >= 4 is 5.71 Å². The van der Waals surface area contributed by atoms with Crippen molar-refractivity contribution in [1.82, 2.24) is 0 Å². The third kappa shape index (κ3) is 3.62. The Kier molecular flexibility index (Phi) is 4.62. The van der Waals surface area contributed by atoms with Crippen LogP contribution in [0.2, 0.25) is 0 Å². The summed E-state index contributed by atoms with van der Waals surface area (Å²) in [6.07, 6.45) is 0.580. The lowest BCUT2D eigenvalue weighted by atomic mass is 9.96. The zero-order valence-electron chi connectivity index (χ0n) is 13.7. The number of aryl methyl sites for hydroxylation is 1. The summed E-state index contributed by atoms with van der Waals surface area (Å²) in [7, 11) is 0. The van der Waals surface area contributed by atoms with Crippen LogP contribution in [0.15, 0.2) is 47.6 Å². The molecule has 0 saturated carbocycles. The molecular weight excluding hydrogens is 312 g/mol. The van der Waals surface area contributed by atoms with Crippen LogP contribution < -0.4 is 0 Å². The molecule has 1 unspecified atom stereocenters.